The molecule has 3 aliphatic carbocycles. The highest BCUT2D eigenvalue weighted by Crippen LogP contribution is 2.59. The van der Waals surface area contributed by atoms with Crippen LogP contribution in [0.5, 0.6) is 11.5 Å². The number of nitrogens with zero attached hydrogens (tertiary/aromatic N) is 1. The molecule has 0 bridgehead atoms. The van der Waals surface area contributed by atoms with Gasteiger partial charge in [-0.3, -0.25) is 4.90 Å². The molecule has 1 saturated carbocycles. The van der Waals surface area contributed by atoms with E-state index >= 15 is 0 Å². The zero-order valence-electron chi connectivity index (χ0n) is 16.7. The van der Waals surface area contributed by atoms with Crippen LogP contribution in [0.3, 0.4) is 0 Å². The molecule has 0 amide bonds. The molecule has 4 heteroatoms. The third-order valence-corrected chi connectivity index (χ3v) is 7.04. The fraction of sp³-hybridized carbons (Fsp3) is 0.565. The summed E-state index contributed by atoms with van der Waals surface area (Å²) in [5.74, 6) is 3.51. The molecule has 1 unspecified atom stereocenters. The average Bonchev–Trinajstić information content (AvgIpc) is 3.44. The molecule has 1 aliphatic heterocycles. The largest absolute Gasteiger partial charge is 0.497 e. The van der Waals surface area contributed by atoms with Gasteiger partial charge in [0.1, 0.15) is 5.76 Å². The second kappa shape index (κ2) is 6.03. The van der Waals surface area contributed by atoms with Crippen LogP contribution in [0.25, 0.3) is 0 Å². The number of rotatable bonds is 6. The van der Waals surface area contributed by atoms with E-state index in [1.807, 2.05) is 0 Å². The second-order valence-electron chi connectivity index (χ2n) is 8.48. The Morgan fingerprint density at radius 3 is 2.67 bits per heavy atom. The van der Waals surface area contributed by atoms with Crippen molar-refractivity contribution in [2.75, 3.05) is 27.3 Å². The van der Waals surface area contributed by atoms with Crippen LogP contribution in [0.15, 0.2) is 35.6 Å². The van der Waals surface area contributed by atoms with Crippen LogP contribution < -0.4 is 9.47 Å². The van der Waals surface area contributed by atoms with E-state index in [9.17, 15) is 0 Å². The first-order chi connectivity index (χ1) is 13.1. The van der Waals surface area contributed by atoms with Crippen molar-refractivity contribution in [3.05, 3.63) is 46.7 Å². The summed E-state index contributed by atoms with van der Waals surface area (Å²) >= 11 is 0. The highest BCUT2D eigenvalue weighted by molar-refractivity contribution is 5.66. The van der Waals surface area contributed by atoms with Crippen molar-refractivity contribution in [3.63, 3.8) is 0 Å². The number of benzene rings is 1. The number of hydrogen-bond donors (Lipinski definition) is 0. The van der Waals surface area contributed by atoms with E-state index in [0.29, 0.717) is 6.04 Å². The van der Waals surface area contributed by atoms with Crippen LogP contribution in [0.4, 0.5) is 0 Å². The minimum Gasteiger partial charge on any atom is -0.497 e. The van der Waals surface area contributed by atoms with E-state index in [1.165, 1.54) is 36.1 Å². The van der Waals surface area contributed by atoms with Gasteiger partial charge in [0.25, 0.3) is 0 Å². The number of allylic oxidation sites excluding steroid dienone is 2. The third kappa shape index (κ3) is 2.32. The van der Waals surface area contributed by atoms with Crippen molar-refractivity contribution in [1.82, 2.24) is 4.90 Å². The monoisotopic (exact) mass is 367 g/mol. The molecule has 5 rings (SSSR count). The second-order valence-corrected chi connectivity index (χ2v) is 8.48. The van der Waals surface area contributed by atoms with Gasteiger partial charge in [-0.15, -0.1) is 0 Å². The molecule has 144 valence electrons. The van der Waals surface area contributed by atoms with Gasteiger partial charge in [0, 0.05) is 18.2 Å². The van der Waals surface area contributed by atoms with Gasteiger partial charge in [-0.05, 0) is 61.9 Å². The Kier molecular flexibility index (Phi) is 3.84. The molecule has 0 radical (unpaired) electrons. The minimum atomic E-state index is -0.195. The minimum absolute atomic E-state index is 0.116. The van der Waals surface area contributed by atoms with Crippen molar-refractivity contribution < 1.29 is 14.2 Å². The molecule has 0 aromatic heterocycles. The molecule has 0 spiro atoms. The van der Waals surface area contributed by atoms with E-state index in [0.717, 1.165) is 36.1 Å². The Morgan fingerprint density at radius 2 is 2.00 bits per heavy atom. The Morgan fingerprint density at radius 1 is 1.19 bits per heavy atom. The summed E-state index contributed by atoms with van der Waals surface area (Å²) in [6, 6.07) is 4.73. The SMILES string of the molecule is CCN(CC1CC1)[C@@H]1Cc2ccc(OC)c3c2[C@]2(C)C1=CC=C(OC)C2O3. The molecule has 1 aromatic carbocycles. The molecular weight excluding hydrogens is 338 g/mol. The van der Waals surface area contributed by atoms with Crippen LogP contribution in [0.2, 0.25) is 0 Å². The van der Waals surface area contributed by atoms with Crippen molar-refractivity contribution in [1.29, 1.82) is 0 Å². The van der Waals surface area contributed by atoms with E-state index in [2.05, 4.69) is 43.0 Å². The predicted molar refractivity (Wildman–Crippen MR) is 105 cm³/mol. The molecule has 1 heterocycles. The molecule has 0 N–H and O–H groups in total. The number of hydrogen-bond acceptors (Lipinski definition) is 4. The standard InChI is InChI=1S/C23H29NO3/c1-5-24(13-14-6-7-14)17-12-15-8-10-18(25-3)21-20(15)23(2)16(17)9-11-19(26-4)22(23)27-21/h8-11,14,17,22H,5-7,12-13H2,1-4H3/t17-,22?,23+/m1/s1. The summed E-state index contributed by atoms with van der Waals surface area (Å²) in [6.07, 6.45) is 8.11. The van der Waals surface area contributed by atoms with Gasteiger partial charge >= 0.3 is 0 Å². The first-order valence-corrected chi connectivity index (χ1v) is 10.2. The van der Waals surface area contributed by atoms with E-state index in [4.69, 9.17) is 14.2 Å². The lowest BCUT2D eigenvalue weighted by Crippen LogP contribution is -2.52. The highest BCUT2D eigenvalue weighted by Gasteiger charge is 2.58. The molecule has 4 aliphatic rings. The Labute approximate surface area is 161 Å². The van der Waals surface area contributed by atoms with Crippen LogP contribution in [-0.4, -0.2) is 44.4 Å². The topological polar surface area (TPSA) is 30.9 Å². The Balaban J connectivity index is 1.67. The molecule has 4 nitrogen and oxygen atoms in total. The first kappa shape index (κ1) is 17.2. The van der Waals surface area contributed by atoms with Crippen molar-refractivity contribution in [2.45, 2.75) is 50.7 Å². The van der Waals surface area contributed by atoms with Gasteiger partial charge < -0.3 is 14.2 Å². The fourth-order valence-electron chi connectivity index (χ4n) is 5.44. The maximum Gasteiger partial charge on any atom is 0.169 e. The normalized spacial score (nSPS) is 30.4. The summed E-state index contributed by atoms with van der Waals surface area (Å²) in [6.45, 7) is 6.92. The lowest BCUT2D eigenvalue weighted by Gasteiger charge is -2.47. The Bertz CT molecular complexity index is 838. The summed E-state index contributed by atoms with van der Waals surface area (Å²) in [5, 5.41) is 0. The lowest BCUT2D eigenvalue weighted by atomic mass is 9.61. The van der Waals surface area contributed by atoms with Gasteiger partial charge in [-0.25, -0.2) is 0 Å². The Hall–Kier alpha value is -1.94. The van der Waals surface area contributed by atoms with Crippen LogP contribution in [0, 0.1) is 5.92 Å². The van der Waals surface area contributed by atoms with E-state index < -0.39 is 0 Å². The maximum absolute atomic E-state index is 6.51. The first-order valence-electron chi connectivity index (χ1n) is 10.2. The predicted octanol–water partition coefficient (Wildman–Crippen LogP) is 3.84. The highest BCUT2D eigenvalue weighted by atomic mass is 16.6. The van der Waals surface area contributed by atoms with Crippen molar-refractivity contribution in [2.24, 2.45) is 5.92 Å². The zero-order valence-corrected chi connectivity index (χ0v) is 16.7. The van der Waals surface area contributed by atoms with E-state index in [-0.39, 0.29) is 11.5 Å². The number of ether oxygens (including phenoxy) is 3. The summed E-state index contributed by atoms with van der Waals surface area (Å²) in [5.41, 5.74) is 3.97. The van der Waals surface area contributed by atoms with Crippen molar-refractivity contribution >= 4 is 0 Å². The van der Waals surface area contributed by atoms with Gasteiger partial charge in [0.2, 0.25) is 0 Å². The maximum atomic E-state index is 6.51. The summed E-state index contributed by atoms with van der Waals surface area (Å²) in [7, 11) is 3.46. The fourth-order valence-corrected chi connectivity index (χ4v) is 5.44. The van der Waals surface area contributed by atoms with Gasteiger partial charge in [-0.1, -0.05) is 19.1 Å². The quantitative estimate of drug-likeness (QED) is 0.764. The summed E-state index contributed by atoms with van der Waals surface area (Å²) < 4.78 is 17.9. The van der Waals surface area contributed by atoms with E-state index in [1.54, 1.807) is 14.2 Å². The van der Waals surface area contributed by atoms with Gasteiger partial charge in [0.15, 0.2) is 17.6 Å². The van der Waals surface area contributed by atoms with Crippen LogP contribution in [-0.2, 0) is 16.6 Å². The molecule has 1 aromatic rings. The van der Waals surface area contributed by atoms with Gasteiger partial charge in [0.05, 0.1) is 19.6 Å². The molecule has 3 atom stereocenters. The molecule has 1 fully saturated rings. The number of likely N-dealkylation sites (N-methyl/N-ethyl adjacent to an activating group) is 1. The lowest BCUT2D eigenvalue weighted by molar-refractivity contribution is 0.107. The zero-order chi connectivity index (χ0) is 18.8. The molecule has 0 saturated heterocycles. The third-order valence-electron chi connectivity index (χ3n) is 7.04. The average molecular weight is 367 g/mol. The van der Waals surface area contributed by atoms with Crippen molar-refractivity contribution in [3.8, 4) is 11.5 Å². The molecule has 27 heavy (non-hydrogen) atoms. The van der Waals surface area contributed by atoms with Crippen LogP contribution in [0.1, 0.15) is 37.8 Å². The smallest absolute Gasteiger partial charge is 0.169 e. The number of methoxy groups -OCH3 is 2. The van der Waals surface area contributed by atoms with Gasteiger partial charge in [-0.2, -0.15) is 0 Å². The van der Waals surface area contributed by atoms with Crippen LogP contribution >= 0.6 is 0 Å². The summed E-state index contributed by atoms with van der Waals surface area (Å²) in [4.78, 5) is 2.68. The molecular formula is C23H29NO3.